The van der Waals surface area contributed by atoms with Crippen LogP contribution < -0.4 is 10.2 Å². The number of ether oxygens (including phenoxy) is 1. The van der Waals surface area contributed by atoms with Gasteiger partial charge in [-0.2, -0.15) is 0 Å². The van der Waals surface area contributed by atoms with Gasteiger partial charge in [-0.25, -0.2) is 4.98 Å². The summed E-state index contributed by atoms with van der Waals surface area (Å²) in [5.74, 6) is 1.70. The van der Waals surface area contributed by atoms with Gasteiger partial charge in [0.25, 0.3) is 0 Å². The third kappa shape index (κ3) is 4.97. The van der Waals surface area contributed by atoms with Crippen molar-refractivity contribution in [3.63, 3.8) is 0 Å². The zero-order valence-electron chi connectivity index (χ0n) is 13.7. The summed E-state index contributed by atoms with van der Waals surface area (Å²) in [6, 6.07) is 4.34. The first-order chi connectivity index (χ1) is 10.2. The molecule has 0 spiro atoms. The molecule has 2 heterocycles. The fourth-order valence-corrected chi connectivity index (χ4v) is 2.81. The number of aryl methyl sites for hydroxylation is 1. The van der Waals surface area contributed by atoms with Gasteiger partial charge in [-0.1, -0.05) is 13.0 Å². The van der Waals surface area contributed by atoms with Crippen LogP contribution in [0.5, 0.6) is 0 Å². The smallest absolute Gasteiger partial charge is 0.128 e. The van der Waals surface area contributed by atoms with Crippen molar-refractivity contribution in [2.75, 3.05) is 38.3 Å². The fraction of sp³-hybridized carbons (Fsp3) is 0.706. The van der Waals surface area contributed by atoms with Crippen LogP contribution in [0, 0.1) is 12.8 Å². The molecule has 4 heteroatoms. The monoisotopic (exact) mass is 291 g/mol. The number of aromatic nitrogens is 1. The van der Waals surface area contributed by atoms with Gasteiger partial charge in [-0.05, 0) is 50.3 Å². The Balaban J connectivity index is 1.91. The quantitative estimate of drug-likeness (QED) is 0.784. The van der Waals surface area contributed by atoms with Crippen LogP contribution in [-0.2, 0) is 11.3 Å². The molecule has 118 valence electrons. The van der Waals surface area contributed by atoms with Crippen LogP contribution in [0.4, 0.5) is 5.82 Å². The zero-order chi connectivity index (χ0) is 15.1. The maximum atomic E-state index is 5.56. The third-order valence-electron chi connectivity index (χ3n) is 4.10. The van der Waals surface area contributed by atoms with E-state index in [9.17, 15) is 0 Å². The molecule has 0 saturated carbocycles. The van der Waals surface area contributed by atoms with Gasteiger partial charge in [0, 0.05) is 32.4 Å². The van der Waals surface area contributed by atoms with Gasteiger partial charge in [-0.15, -0.1) is 0 Å². The second kappa shape index (κ2) is 8.35. The van der Waals surface area contributed by atoms with Crippen molar-refractivity contribution in [2.24, 2.45) is 5.92 Å². The highest BCUT2D eigenvalue weighted by molar-refractivity contribution is 5.41. The molecule has 0 radical (unpaired) electrons. The van der Waals surface area contributed by atoms with E-state index in [0.29, 0.717) is 5.92 Å². The molecule has 0 aliphatic carbocycles. The molecule has 1 aliphatic heterocycles. The molecular formula is C17H29N3O. The highest BCUT2D eigenvalue weighted by Crippen LogP contribution is 2.19. The van der Waals surface area contributed by atoms with Crippen LogP contribution in [-0.4, -0.2) is 38.3 Å². The minimum Gasteiger partial charge on any atom is -0.381 e. The Morgan fingerprint density at radius 1 is 1.43 bits per heavy atom. The van der Waals surface area contributed by atoms with Crippen molar-refractivity contribution in [1.29, 1.82) is 0 Å². The Hall–Kier alpha value is -1.13. The molecular weight excluding hydrogens is 262 g/mol. The normalized spacial score (nSPS) is 18.7. The summed E-state index contributed by atoms with van der Waals surface area (Å²) in [5.41, 5.74) is 2.42. The Morgan fingerprint density at radius 3 is 2.95 bits per heavy atom. The third-order valence-corrected chi connectivity index (χ3v) is 4.10. The summed E-state index contributed by atoms with van der Waals surface area (Å²) in [4.78, 5) is 7.02. The van der Waals surface area contributed by atoms with Crippen molar-refractivity contribution < 1.29 is 4.74 Å². The number of pyridine rings is 1. The summed E-state index contributed by atoms with van der Waals surface area (Å²) in [5, 5.41) is 3.44. The molecule has 2 rings (SSSR count). The number of hydrogen-bond donors (Lipinski definition) is 1. The number of nitrogens with one attached hydrogen (secondary N) is 1. The Morgan fingerprint density at radius 2 is 2.29 bits per heavy atom. The van der Waals surface area contributed by atoms with Crippen LogP contribution in [0.2, 0.25) is 0 Å². The van der Waals surface area contributed by atoms with E-state index in [4.69, 9.17) is 9.72 Å². The average Bonchev–Trinajstić information content (AvgIpc) is 2.50. The fourth-order valence-electron chi connectivity index (χ4n) is 2.81. The zero-order valence-corrected chi connectivity index (χ0v) is 13.7. The maximum absolute atomic E-state index is 5.56. The molecule has 1 unspecified atom stereocenters. The van der Waals surface area contributed by atoms with Crippen LogP contribution in [0.15, 0.2) is 12.1 Å². The van der Waals surface area contributed by atoms with Crippen LogP contribution in [0.25, 0.3) is 0 Å². The lowest BCUT2D eigenvalue weighted by atomic mass is 10.0. The Bertz CT molecular complexity index is 430. The molecule has 0 aromatic carbocycles. The molecule has 21 heavy (non-hydrogen) atoms. The Labute approximate surface area is 128 Å². The Kier molecular flexibility index (Phi) is 6.46. The molecule has 0 bridgehead atoms. The average molecular weight is 291 g/mol. The van der Waals surface area contributed by atoms with Gasteiger partial charge in [-0.3, -0.25) is 0 Å². The van der Waals surface area contributed by atoms with Crippen molar-refractivity contribution in [3.8, 4) is 0 Å². The summed E-state index contributed by atoms with van der Waals surface area (Å²) < 4.78 is 5.56. The standard InChI is InChI=1S/C17H29N3O/c1-4-9-18-11-16-7-8-17(19-14(16)2)20(3)12-15-6-5-10-21-13-15/h7-8,15,18H,4-6,9-13H2,1-3H3. The topological polar surface area (TPSA) is 37.4 Å². The predicted molar refractivity (Wildman–Crippen MR) is 87.8 cm³/mol. The van der Waals surface area contributed by atoms with Crippen LogP contribution in [0.3, 0.4) is 0 Å². The molecule has 1 saturated heterocycles. The predicted octanol–water partition coefficient (Wildman–Crippen LogP) is 2.75. The maximum Gasteiger partial charge on any atom is 0.128 e. The van der Waals surface area contributed by atoms with E-state index < -0.39 is 0 Å². The summed E-state index contributed by atoms with van der Waals surface area (Å²) in [6.45, 7) is 9.10. The van der Waals surface area contributed by atoms with Crippen LogP contribution in [0.1, 0.15) is 37.4 Å². The first-order valence-corrected chi connectivity index (χ1v) is 8.16. The molecule has 1 aromatic heterocycles. The van der Waals surface area contributed by atoms with Crippen molar-refractivity contribution in [2.45, 2.75) is 39.7 Å². The molecule has 4 nitrogen and oxygen atoms in total. The van der Waals surface area contributed by atoms with Gasteiger partial charge in [0.1, 0.15) is 5.82 Å². The van der Waals surface area contributed by atoms with E-state index >= 15 is 0 Å². The summed E-state index contributed by atoms with van der Waals surface area (Å²) in [7, 11) is 2.13. The lowest BCUT2D eigenvalue weighted by Gasteiger charge is -2.28. The first-order valence-electron chi connectivity index (χ1n) is 8.16. The van der Waals surface area contributed by atoms with Crippen molar-refractivity contribution >= 4 is 5.82 Å². The van der Waals surface area contributed by atoms with E-state index in [2.05, 4.69) is 43.2 Å². The number of rotatable bonds is 7. The first kappa shape index (κ1) is 16.2. The summed E-state index contributed by atoms with van der Waals surface area (Å²) >= 11 is 0. The number of anilines is 1. The minimum atomic E-state index is 0.636. The van der Waals surface area contributed by atoms with E-state index in [1.165, 1.54) is 18.4 Å². The van der Waals surface area contributed by atoms with E-state index in [-0.39, 0.29) is 0 Å². The largest absolute Gasteiger partial charge is 0.381 e. The second-order valence-electron chi connectivity index (χ2n) is 6.05. The molecule has 1 N–H and O–H groups in total. The molecule has 1 aromatic rings. The van der Waals surface area contributed by atoms with Gasteiger partial charge >= 0.3 is 0 Å². The van der Waals surface area contributed by atoms with Gasteiger partial charge in [0.05, 0.1) is 6.61 Å². The van der Waals surface area contributed by atoms with E-state index in [0.717, 1.165) is 50.8 Å². The lowest BCUT2D eigenvalue weighted by Crippen LogP contribution is -2.31. The highest BCUT2D eigenvalue weighted by atomic mass is 16.5. The molecule has 0 amide bonds. The molecule has 1 atom stereocenters. The molecule has 1 fully saturated rings. The van der Waals surface area contributed by atoms with Gasteiger partial charge < -0.3 is 15.0 Å². The van der Waals surface area contributed by atoms with Gasteiger partial charge in [0.15, 0.2) is 0 Å². The van der Waals surface area contributed by atoms with E-state index in [1.54, 1.807) is 0 Å². The van der Waals surface area contributed by atoms with Crippen LogP contribution >= 0.6 is 0 Å². The van der Waals surface area contributed by atoms with E-state index in [1.807, 2.05) is 0 Å². The lowest BCUT2D eigenvalue weighted by molar-refractivity contribution is 0.0576. The SMILES string of the molecule is CCCNCc1ccc(N(C)CC2CCCOC2)nc1C. The highest BCUT2D eigenvalue weighted by Gasteiger charge is 2.17. The minimum absolute atomic E-state index is 0.636. The molecule has 1 aliphatic rings. The number of hydrogen-bond acceptors (Lipinski definition) is 4. The number of nitrogens with zero attached hydrogens (tertiary/aromatic N) is 2. The van der Waals surface area contributed by atoms with Crippen molar-refractivity contribution in [3.05, 3.63) is 23.4 Å². The summed E-state index contributed by atoms with van der Waals surface area (Å²) in [6.07, 6.45) is 3.62. The van der Waals surface area contributed by atoms with Gasteiger partial charge in [0.2, 0.25) is 0 Å². The van der Waals surface area contributed by atoms with Crippen molar-refractivity contribution in [1.82, 2.24) is 10.3 Å². The second-order valence-corrected chi connectivity index (χ2v) is 6.05.